The second kappa shape index (κ2) is 7.44. The molecule has 1 aliphatic rings. The van der Waals surface area contributed by atoms with Crippen LogP contribution in [0.2, 0.25) is 5.02 Å². The first-order valence-corrected chi connectivity index (χ1v) is 8.39. The first-order valence-electron chi connectivity index (χ1n) is 7.26. The van der Waals surface area contributed by atoms with Crippen LogP contribution >= 0.6 is 34.8 Å². The number of alkyl halides is 3. The summed E-state index contributed by atoms with van der Waals surface area (Å²) in [6.45, 7) is 3.00. The van der Waals surface area contributed by atoms with Gasteiger partial charge in [-0.05, 0) is 23.5 Å². The minimum absolute atomic E-state index is 0.00759. The number of carbonyl (C=O) groups excluding carboxylic acids is 1. The van der Waals surface area contributed by atoms with Gasteiger partial charge >= 0.3 is 12.3 Å². The molecular weight excluding hydrogens is 423 g/mol. The summed E-state index contributed by atoms with van der Waals surface area (Å²) in [7, 11) is 0. The molecule has 1 fully saturated rings. The molecular formula is C16H13Cl3F4O3. The largest absolute Gasteiger partial charge is 0.573 e. The van der Waals surface area contributed by atoms with Gasteiger partial charge in [-0.15, -0.1) is 13.2 Å². The molecule has 1 saturated carbocycles. The van der Waals surface area contributed by atoms with Crippen LogP contribution in [0, 0.1) is 23.1 Å². The number of ether oxygens (including phenoxy) is 2. The zero-order chi connectivity index (χ0) is 19.9. The van der Waals surface area contributed by atoms with Crippen LogP contribution in [0.5, 0.6) is 5.75 Å². The molecule has 0 aliphatic heterocycles. The van der Waals surface area contributed by atoms with E-state index >= 15 is 0 Å². The van der Waals surface area contributed by atoms with E-state index in [4.69, 9.17) is 39.5 Å². The van der Waals surface area contributed by atoms with Crippen molar-refractivity contribution in [3.63, 3.8) is 0 Å². The molecule has 0 saturated heterocycles. The molecule has 2 unspecified atom stereocenters. The molecule has 10 heteroatoms. The maximum absolute atomic E-state index is 14.0. The normalized spacial score (nSPS) is 21.1. The average molecular weight is 436 g/mol. The Labute approximate surface area is 161 Å². The number of carbonyl (C=O) groups is 1. The highest BCUT2D eigenvalue weighted by Crippen LogP contribution is 2.60. The highest BCUT2D eigenvalue weighted by molar-refractivity contribution is 6.55. The lowest BCUT2D eigenvalue weighted by Gasteiger charge is -2.12. The number of hydrogen-bond acceptors (Lipinski definition) is 3. The third kappa shape index (κ3) is 4.96. The van der Waals surface area contributed by atoms with E-state index in [9.17, 15) is 22.4 Å². The van der Waals surface area contributed by atoms with Crippen LogP contribution in [0.3, 0.4) is 0 Å². The second-order valence-electron chi connectivity index (χ2n) is 6.31. The summed E-state index contributed by atoms with van der Waals surface area (Å²) in [6, 6.07) is 1.45. The van der Waals surface area contributed by atoms with Crippen LogP contribution in [0.4, 0.5) is 17.6 Å². The van der Waals surface area contributed by atoms with Gasteiger partial charge < -0.3 is 9.47 Å². The molecule has 0 amide bonds. The fraction of sp³-hybridized carbons (Fsp3) is 0.438. The SMILES string of the molecule is CC1(C)C(C=C(Cl)Cl)C1C(=O)OCc1cc(OC(F)(F)F)cc(Cl)c1F. The van der Waals surface area contributed by atoms with Crippen LogP contribution in [-0.4, -0.2) is 12.3 Å². The predicted octanol–water partition coefficient (Wildman–Crippen LogP) is 6.01. The maximum atomic E-state index is 14.0. The highest BCUT2D eigenvalue weighted by atomic mass is 35.5. The van der Waals surface area contributed by atoms with Gasteiger partial charge in [0.25, 0.3) is 0 Å². The Morgan fingerprint density at radius 3 is 2.46 bits per heavy atom. The average Bonchev–Trinajstić information content (AvgIpc) is 2.99. The molecule has 144 valence electrons. The van der Waals surface area contributed by atoms with Gasteiger partial charge in [-0.25, -0.2) is 4.39 Å². The fourth-order valence-electron chi connectivity index (χ4n) is 2.73. The molecule has 0 spiro atoms. The van der Waals surface area contributed by atoms with Crippen molar-refractivity contribution in [1.82, 2.24) is 0 Å². The summed E-state index contributed by atoms with van der Waals surface area (Å²) in [6.07, 6.45) is -3.46. The van der Waals surface area contributed by atoms with E-state index in [1.807, 2.05) is 0 Å². The van der Waals surface area contributed by atoms with Crippen LogP contribution in [0.15, 0.2) is 22.7 Å². The maximum Gasteiger partial charge on any atom is 0.573 e. The zero-order valence-electron chi connectivity index (χ0n) is 13.5. The van der Waals surface area contributed by atoms with E-state index < -0.39 is 46.9 Å². The fourth-order valence-corrected chi connectivity index (χ4v) is 3.23. The molecule has 2 rings (SSSR count). The zero-order valence-corrected chi connectivity index (χ0v) is 15.7. The standard InChI is InChI=1S/C16H13Cl3F4O3/c1-15(2)9(5-11(18)19)12(15)14(24)25-6-7-3-8(26-16(21,22)23)4-10(17)13(7)20/h3-5,9,12H,6H2,1-2H3. The van der Waals surface area contributed by atoms with Crippen molar-refractivity contribution in [2.24, 2.45) is 17.3 Å². The lowest BCUT2D eigenvalue weighted by molar-refractivity contribution is -0.274. The molecule has 0 bridgehead atoms. The third-order valence-electron chi connectivity index (χ3n) is 4.15. The minimum Gasteiger partial charge on any atom is -0.460 e. The number of hydrogen-bond donors (Lipinski definition) is 0. The topological polar surface area (TPSA) is 35.5 Å². The number of halogens is 7. The van der Waals surface area contributed by atoms with Gasteiger partial charge in [-0.2, -0.15) is 0 Å². The van der Waals surface area contributed by atoms with E-state index in [-0.39, 0.29) is 16.0 Å². The van der Waals surface area contributed by atoms with Crippen molar-refractivity contribution in [2.75, 3.05) is 0 Å². The lowest BCUT2D eigenvalue weighted by Crippen LogP contribution is -2.17. The van der Waals surface area contributed by atoms with Crippen LogP contribution < -0.4 is 4.74 Å². The molecule has 1 aromatic carbocycles. The Hall–Kier alpha value is -1.18. The van der Waals surface area contributed by atoms with Crippen molar-refractivity contribution < 1.29 is 31.8 Å². The van der Waals surface area contributed by atoms with Crippen LogP contribution in [-0.2, 0) is 16.1 Å². The summed E-state index contributed by atoms with van der Waals surface area (Å²) in [5.41, 5.74) is -0.796. The van der Waals surface area contributed by atoms with Crippen molar-refractivity contribution in [3.05, 3.63) is 39.1 Å². The number of allylic oxidation sites excluding steroid dienone is 1. The Balaban J connectivity index is 2.10. The van der Waals surface area contributed by atoms with Crippen molar-refractivity contribution in [1.29, 1.82) is 0 Å². The lowest BCUT2D eigenvalue weighted by atomic mass is 10.1. The molecule has 0 radical (unpaired) electrons. The van der Waals surface area contributed by atoms with Gasteiger partial charge in [0.1, 0.15) is 22.7 Å². The third-order valence-corrected chi connectivity index (χ3v) is 4.68. The van der Waals surface area contributed by atoms with E-state index in [0.717, 1.165) is 6.07 Å². The van der Waals surface area contributed by atoms with Gasteiger partial charge in [0, 0.05) is 11.6 Å². The first-order chi connectivity index (χ1) is 11.8. The molecule has 2 atom stereocenters. The van der Waals surface area contributed by atoms with Crippen LogP contribution in [0.25, 0.3) is 0 Å². The highest BCUT2D eigenvalue weighted by Gasteiger charge is 2.61. The summed E-state index contributed by atoms with van der Waals surface area (Å²) in [5.74, 6) is -3.17. The van der Waals surface area contributed by atoms with Gasteiger partial charge in [0.05, 0.1) is 10.9 Å². The molecule has 26 heavy (non-hydrogen) atoms. The van der Waals surface area contributed by atoms with Gasteiger partial charge in [0.2, 0.25) is 0 Å². The Morgan fingerprint density at radius 1 is 1.31 bits per heavy atom. The predicted molar refractivity (Wildman–Crippen MR) is 88.4 cm³/mol. The number of benzene rings is 1. The quantitative estimate of drug-likeness (QED) is 0.419. The Kier molecular flexibility index (Phi) is 6.05. The van der Waals surface area contributed by atoms with E-state index in [1.165, 1.54) is 6.08 Å². The number of rotatable bonds is 5. The molecule has 1 aromatic rings. The molecule has 0 N–H and O–H groups in total. The van der Waals surface area contributed by atoms with Crippen LogP contribution in [0.1, 0.15) is 19.4 Å². The Bertz CT molecular complexity index is 743. The van der Waals surface area contributed by atoms with E-state index in [0.29, 0.717) is 6.07 Å². The van der Waals surface area contributed by atoms with Gasteiger partial charge in [-0.1, -0.05) is 48.7 Å². The summed E-state index contributed by atoms with van der Waals surface area (Å²) < 4.78 is 59.6. The van der Waals surface area contributed by atoms with Crippen molar-refractivity contribution in [3.8, 4) is 5.75 Å². The molecule has 3 nitrogen and oxygen atoms in total. The molecule has 1 aliphatic carbocycles. The molecule has 0 aromatic heterocycles. The van der Waals surface area contributed by atoms with E-state index in [1.54, 1.807) is 13.8 Å². The van der Waals surface area contributed by atoms with E-state index in [2.05, 4.69) is 4.74 Å². The smallest absolute Gasteiger partial charge is 0.460 e. The summed E-state index contributed by atoms with van der Waals surface area (Å²) in [5, 5.41) is -0.584. The summed E-state index contributed by atoms with van der Waals surface area (Å²) in [4.78, 5) is 12.2. The molecule has 0 heterocycles. The second-order valence-corrected chi connectivity index (χ2v) is 7.73. The van der Waals surface area contributed by atoms with Crippen molar-refractivity contribution in [2.45, 2.75) is 26.8 Å². The van der Waals surface area contributed by atoms with Gasteiger partial charge in [0.15, 0.2) is 0 Å². The first kappa shape index (κ1) is 21.1. The number of esters is 1. The van der Waals surface area contributed by atoms with Gasteiger partial charge in [-0.3, -0.25) is 4.79 Å². The monoisotopic (exact) mass is 434 g/mol. The van der Waals surface area contributed by atoms with Crippen molar-refractivity contribution >= 4 is 40.8 Å². The summed E-state index contributed by atoms with van der Waals surface area (Å²) >= 11 is 16.8. The minimum atomic E-state index is -4.96. The Morgan fingerprint density at radius 2 is 1.92 bits per heavy atom.